The molecule has 4 rings (SSSR count). The maximum atomic E-state index is 12.9. The average molecular weight is 408 g/mol. The second kappa shape index (κ2) is 8.78. The van der Waals surface area contributed by atoms with Gasteiger partial charge in [-0.15, -0.1) is 0 Å². The summed E-state index contributed by atoms with van der Waals surface area (Å²) in [7, 11) is 0. The molecule has 1 fully saturated rings. The number of ether oxygens (including phenoxy) is 1. The summed E-state index contributed by atoms with van der Waals surface area (Å²) >= 11 is 0. The van der Waals surface area contributed by atoms with Crippen molar-refractivity contribution in [2.75, 3.05) is 36.4 Å². The van der Waals surface area contributed by atoms with Crippen LogP contribution in [0.2, 0.25) is 0 Å². The molecule has 0 aromatic heterocycles. The Morgan fingerprint density at radius 3 is 2.40 bits per heavy atom. The van der Waals surface area contributed by atoms with E-state index in [1.165, 1.54) is 5.69 Å². The first kappa shape index (κ1) is 20.3. The van der Waals surface area contributed by atoms with Crippen LogP contribution < -0.4 is 10.2 Å². The predicted octanol–water partition coefficient (Wildman–Crippen LogP) is 3.25. The molecule has 30 heavy (non-hydrogen) atoms. The van der Waals surface area contributed by atoms with Crippen LogP contribution >= 0.6 is 0 Å². The zero-order chi connectivity index (χ0) is 21.1. The largest absolute Gasteiger partial charge is 0.452 e. The van der Waals surface area contributed by atoms with E-state index in [4.69, 9.17) is 4.74 Å². The van der Waals surface area contributed by atoms with E-state index in [1.54, 1.807) is 11.8 Å². The minimum Gasteiger partial charge on any atom is -0.452 e. The third-order valence-corrected chi connectivity index (χ3v) is 5.97. The van der Waals surface area contributed by atoms with Gasteiger partial charge in [0.1, 0.15) is 0 Å². The summed E-state index contributed by atoms with van der Waals surface area (Å²) in [6.45, 7) is 6.54. The van der Waals surface area contributed by atoms with Crippen molar-refractivity contribution in [3.05, 3.63) is 60.2 Å². The summed E-state index contributed by atoms with van der Waals surface area (Å²) in [6, 6.07) is 18.2. The Morgan fingerprint density at radius 1 is 1.00 bits per heavy atom. The number of nitrogens with zero attached hydrogens (tertiary/aromatic N) is 2. The zero-order valence-electron chi connectivity index (χ0n) is 17.6. The van der Waals surface area contributed by atoms with Crippen LogP contribution in [-0.2, 0) is 14.3 Å². The fourth-order valence-corrected chi connectivity index (χ4v) is 4.35. The van der Waals surface area contributed by atoms with E-state index in [0.29, 0.717) is 19.5 Å². The highest BCUT2D eigenvalue weighted by molar-refractivity contribution is 5.87. The maximum Gasteiger partial charge on any atom is 0.314 e. The molecular formula is C24H29N3O3. The first-order valence-electron chi connectivity index (χ1n) is 10.7. The number of carbonyl (C=O) groups is 2. The van der Waals surface area contributed by atoms with Gasteiger partial charge in [-0.1, -0.05) is 36.4 Å². The predicted molar refractivity (Wildman–Crippen MR) is 118 cm³/mol. The number of hydrogen-bond acceptors (Lipinski definition) is 5. The lowest BCUT2D eigenvalue weighted by atomic mass is 9.87. The second-order valence-corrected chi connectivity index (χ2v) is 8.15. The van der Waals surface area contributed by atoms with Crippen molar-refractivity contribution in [3.63, 3.8) is 0 Å². The van der Waals surface area contributed by atoms with Crippen molar-refractivity contribution in [2.45, 2.75) is 38.3 Å². The van der Waals surface area contributed by atoms with Crippen molar-refractivity contribution in [2.24, 2.45) is 0 Å². The highest BCUT2D eigenvalue weighted by atomic mass is 16.5. The van der Waals surface area contributed by atoms with Crippen LogP contribution in [-0.4, -0.2) is 55.1 Å². The van der Waals surface area contributed by atoms with E-state index in [-0.39, 0.29) is 23.8 Å². The van der Waals surface area contributed by atoms with E-state index in [1.807, 2.05) is 42.5 Å². The number of anilines is 2. The molecule has 1 amide bonds. The third kappa shape index (κ3) is 4.27. The van der Waals surface area contributed by atoms with Crippen LogP contribution in [0.3, 0.4) is 0 Å². The van der Waals surface area contributed by atoms with Gasteiger partial charge in [0.25, 0.3) is 5.91 Å². The number of rotatable bonds is 4. The SMILES string of the molecule is C[C@@H]1C[C@H](C(=O)O[C@H](C)C(=O)N2CCN(c3ccccc3)CC2)c2ccccc2N1. The van der Waals surface area contributed by atoms with Gasteiger partial charge in [0, 0.05) is 43.6 Å². The van der Waals surface area contributed by atoms with Gasteiger partial charge in [-0.05, 0) is 44.0 Å². The van der Waals surface area contributed by atoms with Gasteiger partial charge in [-0.25, -0.2) is 0 Å². The Kier molecular flexibility index (Phi) is 5.93. The number of para-hydroxylation sites is 2. The molecule has 2 heterocycles. The van der Waals surface area contributed by atoms with Crippen molar-refractivity contribution >= 4 is 23.3 Å². The van der Waals surface area contributed by atoms with Gasteiger partial charge < -0.3 is 19.9 Å². The molecule has 2 aliphatic heterocycles. The number of benzene rings is 2. The molecule has 0 saturated carbocycles. The third-order valence-electron chi connectivity index (χ3n) is 5.97. The summed E-state index contributed by atoms with van der Waals surface area (Å²) in [4.78, 5) is 29.9. The van der Waals surface area contributed by atoms with Crippen molar-refractivity contribution in [1.29, 1.82) is 0 Å². The lowest BCUT2D eigenvalue weighted by Crippen LogP contribution is -2.51. The highest BCUT2D eigenvalue weighted by Crippen LogP contribution is 2.35. The molecular weight excluding hydrogens is 378 g/mol. The normalized spacial score (nSPS) is 21.9. The maximum absolute atomic E-state index is 12.9. The summed E-state index contributed by atoms with van der Waals surface area (Å²) in [5, 5.41) is 3.40. The number of fused-ring (bicyclic) bond motifs is 1. The van der Waals surface area contributed by atoms with Crippen LogP contribution in [0.15, 0.2) is 54.6 Å². The molecule has 0 radical (unpaired) electrons. The molecule has 2 aromatic carbocycles. The quantitative estimate of drug-likeness (QED) is 0.789. The summed E-state index contributed by atoms with van der Waals surface area (Å²) in [5.41, 5.74) is 3.08. The molecule has 0 unspecified atom stereocenters. The van der Waals surface area contributed by atoms with Crippen LogP contribution in [0.25, 0.3) is 0 Å². The first-order chi connectivity index (χ1) is 14.5. The Morgan fingerprint density at radius 2 is 1.67 bits per heavy atom. The number of nitrogens with one attached hydrogen (secondary N) is 1. The molecule has 0 aliphatic carbocycles. The van der Waals surface area contributed by atoms with Gasteiger partial charge >= 0.3 is 5.97 Å². The van der Waals surface area contributed by atoms with E-state index in [9.17, 15) is 9.59 Å². The van der Waals surface area contributed by atoms with Crippen LogP contribution in [0.4, 0.5) is 11.4 Å². The molecule has 2 aromatic rings. The van der Waals surface area contributed by atoms with E-state index >= 15 is 0 Å². The summed E-state index contributed by atoms with van der Waals surface area (Å²) in [5.74, 6) is -0.784. The highest BCUT2D eigenvalue weighted by Gasteiger charge is 2.34. The summed E-state index contributed by atoms with van der Waals surface area (Å²) in [6.07, 6.45) is -0.120. The van der Waals surface area contributed by atoms with Crippen molar-refractivity contribution in [1.82, 2.24) is 4.90 Å². The fourth-order valence-electron chi connectivity index (χ4n) is 4.35. The van der Waals surface area contributed by atoms with Crippen LogP contribution in [0, 0.1) is 0 Å². The lowest BCUT2D eigenvalue weighted by Gasteiger charge is -2.37. The molecule has 0 spiro atoms. The number of carbonyl (C=O) groups excluding carboxylic acids is 2. The second-order valence-electron chi connectivity index (χ2n) is 8.15. The monoisotopic (exact) mass is 407 g/mol. The molecule has 3 atom stereocenters. The Labute approximate surface area is 177 Å². The Hall–Kier alpha value is -3.02. The fraction of sp³-hybridized carbons (Fsp3) is 0.417. The van der Waals surface area contributed by atoms with E-state index < -0.39 is 6.10 Å². The Bertz CT molecular complexity index is 894. The average Bonchev–Trinajstić information content (AvgIpc) is 2.78. The van der Waals surface area contributed by atoms with Gasteiger partial charge in [0.2, 0.25) is 0 Å². The molecule has 1 saturated heterocycles. The minimum absolute atomic E-state index is 0.119. The number of esters is 1. The summed E-state index contributed by atoms with van der Waals surface area (Å²) < 4.78 is 5.65. The topological polar surface area (TPSA) is 61.9 Å². The lowest BCUT2D eigenvalue weighted by molar-refractivity contribution is -0.160. The molecule has 158 valence electrons. The molecule has 6 nitrogen and oxygen atoms in total. The molecule has 6 heteroatoms. The number of amides is 1. The van der Waals surface area contributed by atoms with E-state index in [0.717, 1.165) is 24.3 Å². The molecule has 2 aliphatic rings. The van der Waals surface area contributed by atoms with Crippen LogP contribution in [0.5, 0.6) is 0 Å². The zero-order valence-corrected chi connectivity index (χ0v) is 17.6. The molecule has 1 N–H and O–H groups in total. The number of piperazine rings is 1. The number of hydrogen-bond donors (Lipinski definition) is 1. The van der Waals surface area contributed by atoms with E-state index in [2.05, 4.69) is 29.3 Å². The minimum atomic E-state index is -0.780. The standard InChI is InChI=1S/C24H29N3O3/c1-17-16-21(20-10-6-7-11-22(20)25-17)24(29)30-18(2)23(28)27-14-12-26(13-15-27)19-8-4-3-5-9-19/h3-11,17-18,21,25H,12-16H2,1-2H3/t17-,18-,21+/m1/s1. The van der Waals surface area contributed by atoms with Gasteiger partial charge in [-0.2, -0.15) is 0 Å². The first-order valence-corrected chi connectivity index (χ1v) is 10.7. The van der Waals surface area contributed by atoms with Crippen molar-refractivity contribution in [3.8, 4) is 0 Å². The Balaban J connectivity index is 1.35. The van der Waals surface area contributed by atoms with Crippen molar-refractivity contribution < 1.29 is 14.3 Å². The van der Waals surface area contributed by atoms with Crippen LogP contribution in [0.1, 0.15) is 31.7 Å². The van der Waals surface area contributed by atoms with Gasteiger partial charge in [0.05, 0.1) is 5.92 Å². The molecule has 0 bridgehead atoms. The van der Waals surface area contributed by atoms with Gasteiger partial charge in [-0.3, -0.25) is 9.59 Å². The smallest absolute Gasteiger partial charge is 0.314 e. The van der Waals surface area contributed by atoms with Gasteiger partial charge in [0.15, 0.2) is 6.10 Å².